The van der Waals surface area contributed by atoms with Crippen LogP contribution in [-0.4, -0.2) is 29.9 Å². The van der Waals surface area contributed by atoms with Gasteiger partial charge >= 0.3 is 0 Å². The quantitative estimate of drug-likeness (QED) is 0.173. The first-order chi connectivity index (χ1) is 20.2. The molecule has 1 aliphatic heterocycles. The summed E-state index contributed by atoms with van der Waals surface area (Å²) in [7, 11) is 0. The number of fused-ring (bicyclic) bond motifs is 1. The molecule has 0 amide bonds. The zero-order valence-electron chi connectivity index (χ0n) is 23.3. The van der Waals surface area contributed by atoms with Gasteiger partial charge in [-0.1, -0.05) is 109 Å². The van der Waals surface area contributed by atoms with Gasteiger partial charge in [0.2, 0.25) is 0 Å². The number of hydrogen-bond donors (Lipinski definition) is 0. The van der Waals surface area contributed by atoms with Crippen molar-refractivity contribution in [1.29, 1.82) is 0 Å². The highest BCUT2D eigenvalue weighted by Crippen LogP contribution is 2.39. The molecule has 5 aromatic rings. The Kier molecular flexibility index (Phi) is 8.79. The van der Waals surface area contributed by atoms with E-state index in [1.54, 1.807) is 0 Å². The van der Waals surface area contributed by atoms with E-state index in [1.807, 2.05) is 72.8 Å². The number of nitrogens with zero attached hydrogens (tertiary/aromatic N) is 1. The fourth-order valence-electron chi connectivity index (χ4n) is 5.41. The van der Waals surface area contributed by atoms with Gasteiger partial charge in [-0.2, -0.15) is 0 Å². The van der Waals surface area contributed by atoms with E-state index in [1.165, 1.54) is 0 Å². The van der Waals surface area contributed by atoms with E-state index >= 15 is 0 Å². The summed E-state index contributed by atoms with van der Waals surface area (Å²) in [5.74, 6) is 0. The van der Waals surface area contributed by atoms with Crippen LogP contribution in [-0.2, 0) is 38.8 Å². The largest absolute Gasteiger partial charge is 0.374 e. The van der Waals surface area contributed by atoms with Crippen molar-refractivity contribution in [3.63, 3.8) is 0 Å². The molecule has 4 atom stereocenters. The van der Waals surface area contributed by atoms with Crippen molar-refractivity contribution in [2.75, 3.05) is 6.61 Å². The van der Waals surface area contributed by atoms with Crippen LogP contribution in [0.2, 0.25) is 0 Å². The standard InChI is InChI=1S/C36H35NO4/c1-26-21-32(37-31-20-12-11-19-30(26)31)34-36(40-24-29-17-9-4-10-18-29)35(39-23-28-15-7-3-8-16-28)33(41-34)25-38-22-27-13-5-2-6-14-27/h2-21,33-36H,22-25H2,1H3/t33-,34-,35-,36+/m1/s1. The highest BCUT2D eigenvalue weighted by atomic mass is 16.6. The lowest BCUT2D eigenvalue weighted by Crippen LogP contribution is -2.38. The smallest absolute Gasteiger partial charge is 0.129 e. The van der Waals surface area contributed by atoms with Crippen molar-refractivity contribution in [3.05, 3.63) is 149 Å². The molecule has 5 heteroatoms. The predicted molar refractivity (Wildman–Crippen MR) is 160 cm³/mol. The molecule has 208 valence electrons. The summed E-state index contributed by atoms with van der Waals surface area (Å²) >= 11 is 0. The maximum Gasteiger partial charge on any atom is 0.129 e. The molecule has 1 saturated heterocycles. The van der Waals surface area contributed by atoms with Crippen LogP contribution < -0.4 is 0 Å². The van der Waals surface area contributed by atoms with E-state index < -0.39 is 6.10 Å². The van der Waals surface area contributed by atoms with Gasteiger partial charge in [0.15, 0.2) is 0 Å². The zero-order valence-corrected chi connectivity index (χ0v) is 23.3. The molecule has 0 radical (unpaired) electrons. The lowest BCUT2D eigenvalue weighted by Gasteiger charge is -2.25. The van der Waals surface area contributed by atoms with Gasteiger partial charge in [0.05, 0.1) is 37.6 Å². The second-order valence-electron chi connectivity index (χ2n) is 10.5. The van der Waals surface area contributed by atoms with Gasteiger partial charge < -0.3 is 18.9 Å². The molecule has 0 aliphatic carbocycles. The van der Waals surface area contributed by atoms with Crippen LogP contribution >= 0.6 is 0 Å². The SMILES string of the molecule is Cc1cc([C@H]2O[C@H](COCc3ccccc3)[C@@H](OCc3ccccc3)[C@H]2OCc2ccccc2)nc2ccccc12. The second-order valence-corrected chi connectivity index (χ2v) is 10.5. The van der Waals surface area contributed by atoms with Gasteiger partial charge in [-0.05, 0) is 41.3 Å². The molecule has 1 aliphatic rings. The highest BCUT2D eigenvalue weighted by molar-refractivity contribution is 5.82. The number of hydrogen-bond acceptors (Lipinski definition) is 5. The Labute approximate surface area is 241 Å². The number of ether oxygens (including phenoxy) is 4. The van der Waals surface area contributed by atoms with Crippen molar-refractivity contribution in [2.24, 2.45) is 0 Å². The Hall–Kier alpha value is -3.87. The van der Waals surface area contributed by atoms with E-state index in [0.717, 1.165) is 38.9 Å². The normalized spacial score (nSPS) is 20.4. The van der Waals surface area contributed by atoms with E-state index in [2.05, 4.69) is 55.5 Å². The molecule has 4 aromatic carbocycles. The summed E-state index contributed by atoms with van der Waals surface area (Å²) in [6.07, 6.45) is -1.47. The predicted octanol–water partition coefficient (Wildman–Crippen LogP) is 7.37. The van der Waals surface area contributed by atoms with Gasteiger partial charge in [0, 0.05) is 5.39 Å². The first kappa shape index (κ1) is 27.3. The molecule has 0 saturated carbocycles. The summed E-state index contributed by atoms with van der Waals surface area (Å²) in [5.41, 5.74) is 6.26. The third-order valence-electron chi connectivity index (χ3n) is 7.51. The van der Waals surface area contributed by atoms with Crippen LogP contribution in [0.1, 0.15) is 34.1 Å². The molecule has 0 N–H and O–H groups in total. The topological polar surface area (TPSA) is 49.8 Å². The van der Waals surface area contributed by atoms with E-state index in [-0.39, 0.29) is 18.3 Å². The molecular formula is C36H35NO4. The van der Waals surface area contributed by atoms with Gasteiger partial charge in [-0.25, -0.2) is 4.98 Å². The van der Waals surface area contributed by atoms with Crippen molar-refractivity contribution >= 4 is 10.9 Å². The third kappa shape index (κ3) is 6.72. The van der Waals surface area contributed by atoms with Gasteiger partial charge in [-0.3, -0.25) is 0 Å². The van der Waals surface area contributed by atoms with Crippen LogP contribution in [0, 0.1) is 6.92 Å². The fourth-order valence-corrected chi connectivity index (χ4v) is 5.41. The minimum absolute atomic E-state index is 0.332. The van der Waals surface area contributed by atoms with Gasteiger partial charge in [0.25, 0.3) is 0 Å². The Morgan fingerprint density at radius 3 is 1.80 bits per heavy atom. The van der Waals surface area contributed by atoms with Crippen LogP contribution in [0.3, 0.4) is 0 Å². The number of aromatic nitrogens is 1. The highest BCUT2D eigenvalue weighted by Gasteiger charge is 2.48. The van der Waals surface area contributed by atoms with Crippen molar-refractivity contribution in [3.8, 4) is 0 Å². The first-order valence-electron chi connectivity index (χ1n) is 14.2. The van der Waals surface area contributed by atoms with E-state index in [0.29, 0.717) is 26.4 Å². The third-order valence-corrected chi connectivity index (χ3v) is 7.51. The summed E-state index contributed by atoms with van der Waals surface area (Å²) < 4.78 is 26.2. The number of aryl methyl sites for hydroxylation is 1. The lowest BCUT2D eigenvalue weighted by molar-refractivity contribution is -0.0898. The molecule has 5 nitrogen and oxygen atoms in total. The minimum atomic E-state index is -0.409. The Bertz CT molecular complexity index is 1530. The average molecular weight is 546 g/mol. The Morgan fingerprint density at radius 1 is 0.634 bits per heavy atom. The monoisotopic (exact) mass is 545 g/mol. The number of para-hydroxylation sites is 1. The molecule has 1 aromatic heterocycles. The van der Waals surface area contributed by atoms with E-state index in [4.69, 9.17) is 23.9 Å². The number of rotatable bonds is 11. The van der Waals surface area contributed by atoms with Crippen LogP contribution in [0.5, 0.6) is 0 Å². The van der Waals surface area contributed by atoms with Crippen molar-refractivity contribution < 1.29 is 18.9 Å². The maximum absolute atomic E-state index is 6.75. The first-order valence-corrected chi connectivity index (χ1v) is 14.2. The summed E-state index contributed by atoms with van der Waals surface area (Å²) in [5, 5.41) is 1.13. The molecule has 41 heavy (non-hydrogen) atoms. The summed E-state index contributed by atoms with van der Waals surface area (Å²) in [6, 6.07) is 40.9. The van der Waals surface area contributed by atoms with Gasteiger partial charge in [0.1, 0.15) is 24.4 Å². The van der Waals surface area contributed by atoms with E-state index in [9.17, 15) is 0 Å². The van der Waals surface area contributed by atoms with Crippen molar-refractivity contribution in [2.45, 2.75) is 51.2 Å². The molecule has 2 heterocycles. The fraction of sp³-hybridized carbons (Fsp3) is 0.250. The van der Waals surface area contributed by atoms with Gasteiger partial charge in [-0.15, -0.1) is 0 Å². The molecule has 0 unspecified atom stereocenters. The van der Waals surface area contributed by atoms with Crippen molar-refractivity contribution in [1.82, 2.24) is 4.98 Å². The molecule has 6 rings (SSSR count). The van der Waals surface area contributed by atoms with Crippen LogP contribution in [0.25, 0.3) is 10.9 Å². The number of pyridine rings is 1. The summed E-state index contributed by atoms with van der Waals surface area (Å²) in [4.78, 5) is 5.04. The molecule has 1 fully saturated rings. The maximum atomic E-state index is 6.75. The number of benzene rings is 4. The zero-order chi connectivity index (χ0) is 27.9. The molecular weight excluding hydrogens is 510 g/mol. The second kappa shape index (κ2) is 13.2. The average Bonchev–Trinajstić information content (AvgIpc) is 3.37. The molecule has 0 spiro atoms. The lowest BCUT2D eigenvalue weighted by atomic mass is 10.0. The molecule has 0 bridgehead atoms. The van der Waals surface area contributed by atoms with Crippen LogP contribution in [0.15, 0.2) is 121 Å². The Balaban J connectivity index is 1.30. The summed E-state index contributed by atoms with van der Waals surface area (Å²) in [6.45, 7) is 3.89. The Morgan fingerprint density at radius 2 is 1.17 bits per heavy atom. The minimum Gasteiger partial charge on any atom is -0.374 e. The van der Waals surface area contributed by atoms with Crippen LogP contribution in [0.4, 0.5) is 0 Å².